The van der Waals surface area contributed by atoms with Gasteiger partial charge in [0.05, 0.1) is 26.1 Å². The quantitative estimate of drug-likeness (QED) is 0.278. The first-order valence-electron chi connectivity index (χ1n) is 15.8. The number of hydrogen-bond acceptors (Lipinski definition) is 9. The Labute approximate surface area is 266 Å². The first kappa shape index (κ1) is 33.7. The fourth-order valence-corrected chi connectivity index (χ4v) is 6.15. The number of Topliss-reactive ketones (excluding diaryl/α,β-unsaturated/α-hetero) is 1. The lowest BCUT2D eigenvalue weighted by Crippen LogP contribution is -2.22. The molecule has 0 fully saturated rings. The Kier molecular flexibility index (Phi) is 12.6. The van der Waals surface area contributed by atoms with Gasteiger partial charge in [-0.3, -0.25) is 14.6 Å². The number of ether oxygens (including phenoxy) is 2. The lowest BCUT2D eigenvalue weighted by atomic mass is 9.85. The molecule has 45 heavy (non-hydrogen) atoms. The van der Waals surface area contributed by atoms with Gasteiger partial charge in [-0.15, -0.1) is 0 Å². The summed E-state index contributed by atoms with van der Waals surface area (Å²) in [5, 5.41) is 23.3. The molecule has 4 rings (SSSR count). The summed E-state index contributed by atoms with van der Waals surface area (Å²) in [6, 6.07) is 9.00. The smallest absolute Gasteiger partial charge is 0.302 e. The van der Waals surface area contributed by atoms with Gasteiger partial charge in [-0.1, -0.05) is 31.3 Å². The minimum atomic E-state index is -0.519. The number of nitrogens with zero attached hydrogens (tertiary/aromatic N) is 2. The minimum Gasteiger partial charge on any atom is -0.504 e. The number of aliphatic hydroxyl groups is 1. The number of carbonyl (C=O) groups is 2. The van der Waals surface area contributed by atoms with Gasteiger partial charge in [0.25, 0.3) is 0 Å². The van der Waals surface area contributed by atoms with Gasteiger partial charge < -0.3 is 25.0 Å². The Hall–Kier alpha value is -4.16. The van der Waals surface area contributed by atoms with E-state index in [1.807, 2.05) is 18.3 Å². The van der Waals surface area contributed by atoms with E-state index in [0.717, 1.165) is 36.8 Å². The van der Waals surface area contributed by atoms with Gasteiger partial charge in [-0.25, -0.2) is 4.98 Å². The van der Waals surface area contributed by atoms with E-state index in [1.165, 1.54) is 31.2 Å². The largest absolute Gasteiger partial charge is 0.504 e. The Balaban J connectivity index is 1.67. The van der Waals surface area contributed by atoms with Crippen LogP contribution in [0.2, 0.25) is 0 Å². The van der Waals surface area contributed by atoms with E-state index in [9.17, 15) is 19.8 Å². The number of nitrogens with one attached hydrogen (secondary N) is 1. The van der Waals surface area contributed by atoms with Crippen LogP contribution in [-0.2, 0) is 14.3 Å². The van der Waals surface area contributed by atoms with Crippen LogP contribution in [0, 0.1) is 17.8 Å². The number of phenolic OH excluding ortho intramolecular Hbond substituents is 1. The molecule has 2 aliphatic rings. The van der Waals surface area contributed by atoms with E-state index < -0.39 is 18.0 Å². The van der Waals surface area contributed by atoms with Crippen molar-refractivity contribution in [2.45, 2.75) is 83.2 Å². The summed E-state index contributed by atoms with van der Waals surface area (Å²) in [6.45, 7) is 4.59. The summed E-state index contributed by atoms with van der Waals surface area (Å²) in [7, 11) is 1.48. The minimum absolute atomic E-state index is 0.00623. The number of aliphatic hydroxyl groups excluding tert-OH is 1. The lowest BCUT2D eigenvalue weighted by molar-refractivity contribution is -0.148. The predicted molar refractivity (Wildman–Crippen MR) is 175 cm³/mol. The van der Waals surface area contributed by atoms with Crippen LogP contribution in [0.4, 0.5) is 5.82 Å². The third-order valence-electron chi connectivity index (χ3n) is 8.65. The third kappa shape index (κ3) is 9.92. The molecule has 0 radical (unpaired) electrons. The van der Waals surface area contributed by atoms with Crippen LogP contribution in [0.25, 0.3) is 0 Å². The van der Waals surface area contributed by atoms with Crippen molar-refractivity contribution in [3.05, 3.63) is 58.8 Å². The van der Waals surface area contributed by atoms with Gasteiger partial charge in [-0.2, -0.15) is 0 Å². The number of ketones is 1. The maximum Gasteiger partial charge on any atom is 0.302 e. The molecule has 2 aliphatic heterocycles. The Bertz CT molecular complexity index is 1460. The monoisotopic (exact) mass is 615 g/mol. The van der Waals surface area contributed by atoms with Gasteiger partial charge >= 0.3 is 5.97 Å². The van der Waals surface area contributed by atoms with Crippen molar-refractivity contribution in [3.8, 4) is 23.3 Å². The molecule has 2 aromatic rings. The van der Waals surface area contributed by atoms with Gasteiger partial charge in [-0.05, 0) is 90.5 Å². The number of allylic oxidation sites excluding steroid dienone is 1. The molecule has 0 aliphatic carbocycles. The van der Waals surface area contributed by atoms with Crippen LogP contribution in [0.1, 0.15) is 88.2 Å². The molecular formula is C36H45N3O6. The summed E-state index contributed by atoms with van der Waals surface area (Å²) < 4.78 is 11.0. The van der Waals surface area contributed by atoms with Gasteiger partial charge in [0, 0.05) is 38.8 Å². The van der Waals surface area contributed by atoms with Crippen molar-refractivity contribution in [1.29, 1.82) is 0 Å². The molecule has 3 heterocycles. The van der Waals surface area contributed by atoms with E-state index in [0.29, 0.717) is 43.4 Å². The zero-order chi connectivity index (χ0) is 32.2. The Morgan fingerprint density at radius 3 is 2.71 bits per heavy atom. The van der Waals surface area contributed by atoms with Crippen LogP contribution in [-0.4, -0.2) is 66.1 Å². The van der Waals surface area contributed by atoms with Crippen molar-refractivity contribution in [3.63, 3.8) is 0 Å². The third-order valence-corrected chi connectivity index (χ3v) is 8.65. The van der Waals surface area contributed by atoms with E-state index in [-0.39, 0.29) is 36.9 Å². The molecule has 2 bridgehead atoms. The molecule has 9 heteroatoms. The Morgan fingerprint density at radius 2 is 1.96 bits per heavy atom. The average molecular weight is 616 g/mol. The second-order valence-electron chi connectivity index (χ2n) is 11.9. The van der Waals surface area contributed by atoms with Gasteiger partial charge in [0.2, 0.25) is 0 Å². The number of anilines is 1. The molecule has 0 amide bonds. The van der Waals surface area contributed by atoms with Crippen LogP contribution < -0.4 is 10.1 Å². The topological polar surface area (TPSA) is 130 Å². The number of methoxy groups -OCH3 is 1. The number of aliphatic imine (C=N–C) groups is 1. The van der Waals surface area contributed by atoms with Crippen molar-refractivity contribution in [1.82, 2.24) is 4.98 Å². The number of benzene rings is 1. The highest BCUT2D eigenvalue weighted by Crippen LogP contribution is 2.34. The highest BCUT2D eigenvalue weighted by atomic mass is 16.5. The normalized spacial score (nSPS) is 22.9. The first-order valence-corrected chi connectivity index (χ1v) is 15.8. The first-order chi connectivity index (χ1) is 21.8. The number of rotatable bonds is 6. The Morgan fingerprint density at radius 1 is 1.11 bits per heavy atom. The highest BCUT2D eigenvalue weighted by molar-refractivity contribution is 5.82. The molecule has 4 atom stereocenters. The molecular weight excluding hydrogens is 570 g/mol. The van der Waals surface area contributed by atoms with Crippen molar-refractivity contribution in [2.24, 2.45) is 10.9 Å². The lowest BCUT2D eigenvalue weighted by Gasteiger charge is -2.22. The number of aromatic nitrogens is 1. The van der Waals surface area contributed by atoms with E-state index >= 15 is 0 Å². The van der Waals surface area contributed by atoms with E-state index in [1.54, 1.807) is 18.3 Å². The summed E-state index contributed by atoms with van der Waals surface area (Å²) in [5.41, 5.74) is 4.38. The molecule has 0 spiro atoms. The van der Waals surface area contributed by atoms with Crippen molar-refractivity contribution in [2.75, 3.05) is 32.1 Å². The van der Waals surface area contributed by atoms with Gasteiger partial charge in [0.1, 0.15) is 17.7 Å². The molecule has 9 nitrogen and oxygen atoms in total. The maximum absolute atomic E-state index is 13.5. The molecule has 0 saturated heterocycles. The molecule has 240 valence electrons. The number of pyridine rings is 1. The van der Waals surface area contributed by atoms with Crippen LogP contribution in [0.15, 0.2) is 52.7 Å². The number of carbonyl (C=O) groups excluding carboxylic acids is 2. The van der Waals surface area contributed by atoms with Crippen LogP contribution >= 0.6 is 0 Å². The standard InChI is InChI=1S/C36H45N3O6/c1-4-25-7-9-33(45-24(2)41)21-32(42)18-26(27-8-10-34(43)35(19-27)44-3)6-5-13-38-36-20-28(11-14-39-36)29(12-15-40)17-31-23-37-22-30(31)16-25/h8,10-11,14,19-20,22,25-26,29,33,40,43H,4,7,9,12-13,15-18,21,23H2,1-3H3,(H,38,39)/t25-,26+,29-,33-/m1/s1. The fourth-order valence-electron chi connectivity index (χ4n) is 6.15. The number of phenols is 1. The number of esters is 1. The SMILES string of the molecule is CC[C@@H]1CC[C@@H](OC(C)=O)CC(=O)C[C@@H](c2ccc(O)c(OC)c2)C#CCNc2cc(ccn2)[C@H](CCO)CC2=C(C=NC2)C1. The zero-order valence-corrected chi connectivity index (χ0v) is 26.6. The molecule has 0 unspecified atom stereocenters. The number of aromatic hydroxyl groups is 1. The summed E-state index contributed by atoms with van der Waals surface area (Å²) in [6.07, 6.45) is 8.13. The second-order valence-corrected chi connectivity index (χ2v) is 11.9. The molecule has 3 N–H and O–H groups in total. The molecule has 1 aromatic heterocycles. The summed E-state index contributed by atoms with van der Waals surface area (Å²) >= 11 is 0. The number of hydrogen-bond donors (Lipinski definition) is 3. The van der Waals surface area contributed by atoms with Crippen LogP contribution in [0.3, 0.4) is 0 Å². The fraction of sp³-hybridized carbons (Fsp3) is 0.500. The van der Waals surface area contributed by atoms with Crippen LogP contribution in [0.5, 0.6) is 11.5 Å². The molecule has 1 aromatic carbocycles. The predicted octanol–water partition coefficient (Wildman–Crippen LogP) is 5.72. The van der Waals surface area contributed by atoms with Crippen molar-refractivity contribution >= 4 is 23.8 Å². The summed E-state index contributed by atoms with van der Waals surface area (Å²) in [5.74, 6) is 6.93. The van der Waals surface area contributed by atoms with Gasteiger partial charge in [0.15, 0.2) is 11.5 Å². The second kappa shape index (κ2) is 16.8. The van der Waals surface area contributed by atoms with E-state index in [2.05, 4.69) is 34.1 Å². The maximum atomic E-state index is 13.5. The van der Waals surface area contributed by atoms with E-state index in [4.69, 9.17) is 9.47 Å². The average Bonchev–Trinajstić information content (AvgIpc) is 3.46. The zero-order valence-electron chi connectivity index (χ0n) is 26.6. The molecule has 0 saturated carbocycles. The summed E-state index contributed by atoms with van der Waals surface area (Å²) in [4.78, 5) is 34.5. The van der Waals surface area contributed by atoms with Crippen molar-refractivity contribution < 1.29 is 29.3 Å². The number of fused-ring (bicyclic) bond motifs is 2. The highest BCUT2D eigenvalue weighted by Gasteiger charge is 2.24.